The fourth-order valence-electron chi connectivity index (χ4n) is 4.28. The lowest BCUT2D eigenvalue weighted by atomic mass is 10.1. The Labute approximate surface area is 204 Å². The monoisotopic (exact) mass is 471 g/mol. The van der Waals surface area contributed by atoms with Gasteiger partial charge in [0, 0.05) is 43.1 Å². The summed E-state index contributed by atoms with van der Waals surface area (Å²) in [7, 11) is 0. The predicted octanol–water partition coefficient (Wildman–Crippen LogP) is 4.67. The van der Waals surface area contributed by atoms with E-state index in [0.717, 1.165) is 42.3 Å². The number of rotatable bonds is 6. The number of anilines is 1. The number of aryl methyl sites for hydroxylation is 2. The van der Waals surface area contributed by atoms with Crippen LogP contribution in [0.3, 0.4) is 0 Å². The van der Waals surface area contributed by atoms with Crippen LogP contribution in [-0.2, 0) is 12.8 Å². The Morgan fingerprint density at radius 2 is 1.65 bits per heavy atom. The average Bonchev–Trinajstić information content (AvgIpc) is 3.33. The minimum atomic E-state index is -0.0186. The number of nitrogens with zero attached hydrogens (tertiary/aromatic N) is 5. The van der Waals surface area contributed by atoms with Crippen molar-refractivity contribution in [3.8, 4) is 5.82 Å². The van der Waals surface area contributed by atoms with E-state index in [1.54, 1.807) is 10.9 Å². The molecule has 0 radical (unpaired) electrons. The topological polar surface area (TPSA) is 54.3 Å². The van der Waals surface area contributed by atoms with Crippen LogP contribution in [0.1, 0.15) is 21.7 Å². The zero-order chi connectivity index (χ0) is 23.3. The van der Waals surface area contributed by atoms with E-state index in [9.17, 15) is 4.79 Å². The van der Waals surface area contributed by atoms with Crippen LogP contribution in [0.2, 0.25) is 5.02 Å². The number of pyridine rings is 1. The zero-order valence-corrected chi connectivity index (χ0v) is 19.6. The van der Waals surface area contributed by atoms with Crippen molar-refractivity contribution in [1.82, 2.24) is 19.7 Å². The maximum Gasteiger partial charge on any atom is 0.272 e. The minimum Gasteiger partial charge on any atom is -0.368 e. The molecular weight excluding hydrogens is 446 g/mol. The minimum absolute atomic E-state index is 0.0186. The Hall–Kier alpha value is -3.64. The first-order valence-electron chi connectivity index (χ1n) is 11.5. The van der Waals surface area contributed by atoms with Crippen molar-refractivity contribution in [1.29, 1.82) is 0 Å². The molecule has 0 atom stereocenters. The lowest BCUT2D eigenvalue weighted by Crippen LogP contribution is -2.49. The lowest BCUT2D eigenvalue weighted by Gasteiger charge is -2.36. The van der Waals surface area contributed by atoms with E-state index < -0.39 is 0 Å². The van der Waals surface area contributed by atoms with Crippen molar-refractivity contribution in [3.63, 3.8) is 0 Å². The first-order chi connectivity index (χ1) is 16.7. The molecule has 0 saturated carbocycles. The summed E-state index contributed by atoms with van der Waals surface area (Å²) in [6.07, 6.45) is 3.34. The highest BCUT2D eigenvalue weighted by atomic mass is 35.5. The van der Waals surface area contributed by atoms with Gasteiger partial charge in [-0.15, -0.1) is 0 Å². The summed E-state index contributed by atoms with van der Waals surface area (Å²) in [5.41, 5.74) is 3.77. The van der Waals surface area contributed by atoms with Gasteiger partial charge in [-0.3, -0.25) is 4.79 Å². The number of aromatic nitrogens is 3. The van der Waals surface area contributed by atoms with Crippen LogP contribution in [0.25, 0.3) is 5.82 Å². The summed E-state index contributed by atoms with van der Waals surface area (Å²) in [5, 5.41) is 5.49. The van der Waals surface area contributed by atoms with Gasteiger partial charge in [0.1, 0.15) is 5.69 Å². The number of amides is 1. The van der Waals surface area contributed by atoms with Crippen molar-refractivity contribution < 1.29 is 4.79 Å². The maximum atomic E-state index is 13.6. The van der Waals surface area contributed by atoms with Crippen LogP contribution >= 0.6 is 11.6 Å². The van der Waals surface area contributed by atoms with E-state index in [1.165, 1.54) is 5.56 Å². The third-order valence-electron chi connectivity index (χ3n) is 6.10. The molecule has 1 fully saturated rings. The molecule has 1 aliphatic rings. The third kappa shape index (κ3) is 4.97. The van der Waals surface area contributed by atoms with Crippen LogP contribution in [0.4, 0.5) is 5.69 Å². The SMILES string of the molecule is O=C(c1cc(CCc2ccccc2)nn1-c1ccccn1)N1CCN(c2cccc(Cl)c2)CC1. The third-order valence-corrected chi connectivity index (χ3v) is 6.33. The molecule has 0 bridgehead atoms. The fraction of sp³-hybridized carbons (Fsp3) is 0.222. The molecule has 0 spiro atoms. The standard InChI is InChI=1S/C27H26ClN5O/c28-22-9-6-10-24(19-22)31-15-17-32(18-16-31)27(34)25-20-23(13-12-21-7-2-1-3-8-21)30-33(25)26-11-4-5-14-29-26/h1-11,14,19-20H,12-13,15-18H2. The lowest BCUT2D eigenvalue weighted by molar-refractivity contribution is 0.0737. The van der Waals surface area contributed by atoms with Gasteiger partial charge in [-0.05, 0) is 54.8 Å². The molecule has 5 rings (SSSR count). The molecule has 0 aliphatic carbocycles. The number of hydrogen-bond donors (Lipinski definition) is 0. The molecule has 0 unspecified atom stereocenters. The van der Waals surface area contributed by atoms with Gasteiger partial charge in [-0.2, -0.15) is 5.10 Å². The van der Waals surface area contributed by atoms with Crippen molar-refractivity contribution in [2.24, 2.45) is 0 Å². The molecule has 0 N–H and O–H groups in total. The second kappa shape index (κ2) is 10.1. The van der Waals surface area contributed by atoms with Gasteiger partial charge in [0.2, 0.25) is 0 Å². The molecule has 6 nitrogen and oxygen atoms in total. The fourth-order valence-corrected chi connectivity index (χ4v) is 4.46. The van der Waals surface area contributed by atoms with Gasteiger partial charge in [0.05, 0.1) is 5.69 Å². The van der Waals surface area contributed by atoms with Gasteiger partial charge >= 0.3 is 0 Å². The summed E-state index contributed by atoms with van der Waals surface area (Å²) in [6, 6.07) is 25.7. The molecule has 7 heteroatoms. The number of piperazine rings is 1. The Balaban J connectivity index is 1.34. The molecule has 2 aromatic heterocycles. The maximum absolute atomic E-state index is 13.6. The van der Waals surface area contributed by atoms with Crippen molar-refractivity contribution in [2.75, 3.05) is 31.1 Å². The highest BCUT2D eigenvalue weighted by molar-refractivity contribution is 6.30. The zero-order valence-electron chi connectivity index (χ0n) is 18.8. The molecule has 1 saturated heterocycles. The molecule has 172 valence electrons. The van der Waals surface area contributed by atoms with Crippen molar-refractivity contribution >= 4 is 23.2 Å². The van der Waals surface area contributed by atoms with E-state index in [1.807, 2.05) is 65.6 Å². The first-order valence-corrected chi connectivity index (χ1v) is 11.9. The van der Waals surface area contributed by atoms with E-state index in [0.29, 0.717) is 24.6 Å². The number of carbonyl (C=O) groups excluding carboxylic acids is 1. The Kier molecular flexibility index (Phi) is 6.58. The quantitative estimate of drug-likeness (QED) is 0.410. The highest BCUT2D eigenvalue weighted by Gasteiger charge is 2.26. The Bertz CT molecular complexity index is 1250. The predicted molar refractivity (Wildman–Crippen MR) is 135 cm³/mol. The summed E-state index contributed by atoms with van der Waals surface area (Å²) >= 11 is 6.16. The smallest absolute Gasteiger partial charge is 0.272 e. The number of halogens is 1. The highest BCUT2D eigenvalue weighted by Crippen LogP contribution is 2.22. The first kappa shape index (κ1) is 22.2. The average molecular weight is 472 g/mol. The summed E-state index contributed by atoms with van der Waals surface area (Å²) in [6.45, 7) is 2.78. The van der Waals surface area contributed by atoms with Gasteiger partial charge < -0.3 is 9.80 Å². The van der Waals surface area contributed by atoms with Crippen molar-refractivity contribution in [3.05, 3.63) is 107 Å². The molecule has 2 aromatic carbocycles. The molecule has 1 aliphatic heterocycles. The van der Waals surface area contributed by atoms with Gasteiger partial charge in [-0.1, -0.05) is 54.1 Å². The van der Waals surface area contributed by atoms with E-state index in [-0.39, 0.29) is 5.91 Å². The van der Waals surface area contributed by atoms with Crippen molar-refractivity contribution in [2.45, 2.75) is 12.8 Å². The Morgan fingerprint density at radius 3 is 2.38 bits per heavy atom. The van der Waals surface area contributed by atoms with Crippen LogP contribution in [-0.4, -0.2) is 51.8 Å². The Morgan fingerprint density at radius 1 is 0.853 bits per heavy atom. The molecule has 4 aromatic rings. The normalized spacial score (nSPS) is 13.8. The van der Waals surface area contributed by atoms with Crippen LogP contribution < -0.4 is 4.90 Å². The van der Waals surface area contributed by atoms with E-state index in [4.69, 9.17) is 16.7 Å². The van der Waals surface area contributed by atoms with E-state index in [2.05, 4.69) is 28.1 Å². The second-order valence-electron chi connectivity index (χ2n) is 8.37. The van der Waals surface area contributed by atoms with Gasteiger partial charge in [0.15, 0.2) is 5.82 Å². The summed E-state index contributed by atoms with van der Waals surface area (Å²) in [4.78, 5) is 22.2. The second-order valence-corrected chi connectivity index (χ2v) is 8.80. The van der Waals surface area contributed by atoms with Gasteiger partial charge in [-0.25, -0.2) is 9.67 Å². The molecular formula is C27H26ClN5O. The van der Waals surface area contributed by atoms with Crippen LogP contribution in [0.5, 0.6) is 0 Å². The summed E-state index contributed by atoms with van der Waals surface area (Å²) < 4.78 is 1.69. The number of benzene rings is 2. The molecule has 34 heavy (non-hydrogen) atoms. The van der Waals surface area contributed by atoms with Crippen LogP contribution in [0.15, 0.2) is 85.1 Å². The largest absolute Gasteiger partial charge is 0.368 e. The van der Waals surface area contributed by atoms with Crippen LogP contribution in [0, 0.1) is 0 Å². The number of carbonyl (C=O) groups is 1. The van der Waals surface area contributed by atoms with E-state index >= 15 is 0 Å². The van der Waals surface area contributed by atoms with Gasteiger partial charge in [0.25, 0.3) is 5.91 Å². The molecule has 3 heterocycles. The summed E-state index contributed by atoms with van der Waals surface area (Å²) in [5.74, 6) is 0.629. The molecule has 1 amide bonds. The number of hydrogen-bond acceptors (Lipinski definition) is 4.